The van der Waals surface area contributed by atoms with Gasteiger partial charge in [0.15, 0.2) is 0 Å². The number of phenolic OH excluding ortho intramolecular Hbond substituents is 1. The summed E-state index contributed by atoms with van der Waals surface area (Å²) in [5, 5.41) is 22.0. The van der Waals surface area contributed by atoms with E-state index in [0.717, 1.165) is 21.8 Å². The van der Waals surface area contributed by atoms with Crippen LogP contribution in [0.5, 0.6) is 5.75 Å². The number of hydrogen-bond donors (Lipinski definition) is 3. The Balaban J connectivity index is 2.51. The van der Waals surface area contributed by atoms with Gasteiger partial charge in [-0.2, -0.15) is 0 Å². The van der Waals surface area contributed by atoms with Crippen molar-refractivity contribution >= 4 is 21.8 Å². The molecule has 0 bridgehead atoms. The van der Waals surface area contributed by atoms with Gasteiger partial charge in [-0.3, -0.25) is 0 Å². The fraction of sp³-hybridized carbons (Fsp3) is 0.200. The molecule has 0 atom stereocenters. The van der Waals surface area contributed by atoms with Crippen LogP contribution >= 0.6 is 0 Å². The van der Waals surface area contributed by atoms with E-state index in [1.807, 2.05) is 24.3 Å². The van der Waals surface area contributed by atoms with E-state index < -0.39 is 5.60 Å². The first kappa shape index (κ1) is 11.1. The summed E-state index contributed by atoms with van der Waals surface area (Å²) in [6.07, 6.45) is 0. The fourth-order valence-corrected chi connectivity index (χ4v) is 2.42. The van der Waals surface area contributed by atoms with Gasteiger partial charge in [-0.25, -0.2) is 0 Å². The van der Waals surface area contributed by atoms with Crippen molar-refractivity contribution in [3.63, 3.8) is 0 Å². The number of benzene rings is 2. The van der Waals surface area contributed by atoms with Crippen molar-refractivity contribution in [2.45, 2.75) is 19.4 Å². The van der Waals surface area contributed by atoms with Gasteiger partial charge in [-0.05, 0) is 32.0 Å². The number of aromatic amines is 1. The molecule has 0 radical (unpaired) electrons. The number of hydrogen-bond acceptors (Lipinski definition) is 2. The fourth-order valence-electron chi connectivity index (χ4n) is 2.42. The predicted octanol–water partition coefficient (Wildman–Crippen LogP) is 3.25. The Morgan fingerprint density at radius 1 is 1.06 bits per heavy atom. The zero-order chi connectivity index (χ0) is 12.9. The van der Waals surface area contributed by atoms with E-state index in [9.17, 15) is 10.2 Å². The number of H-pyrrole nitrogens is 1. The number of nitrogens with one attached hydrogen (secondary N) is 1. The van der Waals surface area contributed by atoms with Gasteiger partial charge >= 0.3 is 0 Å². The van der Waals surface area contributed by atoms with Gasteiger partial charge < -0.3 is 15.2 Å². The van der Waals surface area contributed by atoms with Gasteiger partial charge in [0.05, 0.1) is 11.1 Å². The summed E-state index contributed by atoms with van der Waals surface area (Å²) in [6, 6.07) is 11.2. The van der Waals surface area contributed by atoms with Crippen LogP contribution in [0, 0.1) is 0 Å². The largest absolute Gasteiger partial charge is 0.508 e. The molecule has 92 valence electrons. The van der Waals surface area contributed by atoms with Crippen LogP contribution < -0.4 is 0 Å². The predicted molar refractivity (Wildman–Crippen MR) is 72.7 cm³/mol. The molecule has 18 heavy (non-hydrogen) atoms. The highest BCUT2D eigenvalue weighted by Crippen LogP contribution is 2.35. The number of fused-ring (bicyclic) bond motifs is 3. The lowest BCUT2D eigenvalue weighted by Gasteiger charge is -2.19. The Labute approximate surface area is 105 Å². The van der Waals surface area contributed by atoms with Crippen LogP contribution in [0.3, 0.4) is 0 Å². The summed E-state index contributed by atoms with van der Waals surface area (Å²) in [4.78, 5) is 3.31. The van der Waals surface area contributed by atoms with Crippen LogP contribution in [-0.4, -0.2) is 15.2 Å². The molecule has 0 saturated carbocycles. The van der Waals surface area contributed by atoms with E-state index in [1.54, 1.807) is 26.0 Å². The van der Waals surface area contributed by atoms with Crippen molar-refractivity contribution in [3.05, 3.63) is 42.0 Å². The zero-order valence-corrected chi connectivity index (χ0v) is 10.4. The molecule has 3 nitrogen and oxygen atoms in total. The third kappa shape index (κ3) is 1.56. The van der Waals surface area contributed by atoms with E-state index in [1.165, 1.54) is 0 Å². The summed E-state index contributed by atoms with van der Waals surface area (Å²) in [5.74, 6) is 0.171. The van der Waals surface area contributed by atoms with Gasteiger partial charge in [0.1, 0.15) is 5.75 Å². The summed E-state index contributed by atoms with van der Waals surface area (Å²) in [7, 11) is 0. The average molecular weight is 241 g/mol. The topological polar surface area (TPSA) is 56.2 Å². The Bertz CT molecular complexity index is 735. The van der Waals surface area contributed by atoms with E-state index in [2.05, 4.69) is 4.98 Å². The molecule has 3 heteroatoms. The minimum atomic E-state index is -1.00. The summed E-state index contributed by atoms with van der Waals surface area (Å²) >= 11 is 0. The maximum atomic E-state index is 10.2. The molecular formula is C15H15NO2. The van der Waals surface area contributed by atoms with E-state index in [-0.39, 0.29) is 5.75 Å². The van der Waals surface area contributed by atoms with E-state index >= 15 is 0 Å². The van der Waals surface area contributed by atoms with Gasteiger partial charge in [-0.15, -0.1) is 0 Å². The summed E-state index contributed by atoms with van der Waals surface area (Å²) in [5.41, 5.74) is 1.58. The highest BCUT2D eigenvalue weighted by Gasteiger charge is 2.21. The Morgan fingerprint density at radius 2 is 1.78 bits per heavy atom. The molecule has 0 aliphatic carbocycles. The molecule has 3 N–H and O–H groups in total. The molecule has 3 aromatic rings. The van der Waals surface area contributed by atoms with E-state index in [0.29, 0.717) is 5.56 Å². The van der Waals surface area contributed by atoms with E-state index in [4.69, 9.17) is 0 Å². The molecule has 1 heterocycles. The van der Waals surface area contributed by atoms with Crippen LogP contribution in [0.15, 0.2) is 36.4 Å². The second kappa shape index (κ2) is 3.50. The van der Waals surface area contributed by atoms with Gasteiger partial charge in [0, 0.05) is 21.9 Å². The number of rotatable bonds is 1. The molecular weight excluding hydrogens is 226 g/mol. The number of aromatic nitrogens is 1. The molecule has 0 aliphatic rings. The smallest absolute Gasteiger partial charge is 0.116 e. The zero-order valence-electron chi connectivity index (χ0n) is 10.4. The second-order valence-corrected chi connectivity index (χ2v) is 5.15. The summed E-state index contributed by atoms with van der Waals surface area (Å²) < 4.78 is 0. The first-order valence-corrected chi connectivity index (χ1v) is 5.93. The Hall–Kier alpha value is -2.00. The SMILES string of the molecule is CC(C)(O)c1cc(O)cc2c1[nH]c1ccccc12. The highest BCUT2D eigenvalue weighted by atomic mass is 16.3. The summed E-state index contributed by atoms with van der Waals surface area (Å²) in [6.45, 7) is 3.43. The molecule has 0 spiro atoms. The standard InChI is InChI=1S/C15H15NO2/c1-15(2,18)12-8-9(17)7-11-10-5-3-4-6-13(10)16-14(11)12/h3-8,16-18H,1-2H3. The van der Waals surface area contributed by atoms with Crippen molar-refractivity contribution in [3.8, 4) is 5.75 Å². The molecule has 3 rings (SSSR count). The van der Waals surface area contributed by atoms with Crippen LogP contribution in [-0.2, 0) is 5.60 Å². The van der Waals surface area contributed by atoms with Crippen molar-refractivity contribution < 1.29 is 10.2 Å². The normalized spacial score (nSPS) is 12.4. The number of aromatic hydroxyl groups is 1. The first-order chi connectivity index (χ1) is 8.47. The van der Waals surface area contributed by atoms with Crippen LogP contribution in [0.4, 0.5) is 0 Å². The molecule has 1 aromatic heterocycles. The highest BCUT2D eigenvalue weighted by molar-refractivity contribution is 6.08. The maximum Gasteiger partial charge on any atom is 0.116 e. The number of aliphatic hydroxyl groups is 1. The van der Waals surface area contributed by atoms with Crippen molar-refractivity contribution in [1.82, 2.24) is 4.98 Å². The minimum absolute atomic E-state index is 0.171. The lowest BCUT2D eigenvalue weighted by molar-refractivity contribution is 0.0798. The Morgan fingerprint density at radius 3 is 2.50 bits per heavy atom. The van der Waals surface area contributed by atoms with Gasteiger partial charge in [0.25, 0.3) is 0 Å². The quantitative estimate of drug-likeness (QED) is 0.612. The van der Waals surface area contributed by atoms with Crippen LogP contribution in [0.25, 0.3) is 21.8 Å². The molecule has 2 aromatic carbocycles. The van der Waals surface area contributed by atoms with Gasteiger partial charge in [-0.1, -0.05) is 18.2 Å². The van der Waals surface area contributed by atoms with Gasteiger partial charge in [0.2, 0.25) is 0 Å². The van der Waals surface area contributed by atoms with Crippen molar-refractivity contribution in [2.24, 2.45) is 0 Å². The average Bonchev–Trinajstić information content (AvgIpc) is 2.65. The first-order valence-electron chi connectivity index (χ1n) is 5.93. The molecule has 0 amide bonds. The minimum Gasteiger partial charge on any atom is -0.508 e. The van der Waals surface area contributed by atoms with Crippen LogP contribution in [0.1, 0.15) is 19.4 Å². The molecule has 0 fully saturated rings. The number of para-hydroxylation sites is 1. The molecule has 0 saturated heterocycles. The van der Waals surface area contributed by atoms with Crippen LogP contribution in [0.2, 0.25) is 0 Å². The Kier molecular flexibility index (Phi) is 2.16. The second-order valence-electron chi connectivity index (χ2n) is 5.15. The number of phenols is 1. The maximum absolute atomic E-state index is 10.2. The van der Waals surface area contributed by atoms with Crippen molar-refractivity contribution in [2.75, 3.05) is 0 Å². The van der Waals surface area contributed by atoms with Crippen molar-refractivity contribution in [1.29, 1.82) is 0 Å². The molecule has 0 aliphatic heterocycles. The monoisotopic (exact) mass is 241 g/mol. The third-order valence-corrected chi connectivity index (χ3v) is 3.26. The molecule has 0 unspecified atom stereocenters. The third-order valence-electron chi connectivity index (χ3n) is 3.26. The lowest BCUT2D eigenvalue weighted by atomic mass is 9.95. The lowest BCUT2D eigenvalue weighted by Crippen LogP contribution is -2.15.